The van der Waals surface area contributed by atoms with E-state index in [1.165, 1.54) is 14.2 Å². The molecule has 0 radical (unpaired) electrons. The molecule has 1 atom stereocenters. The lowest BCUT2D eigenvalue weighted by Gasteiger charge is -2.34. The molecule has 0 aromatic heterocycles. The molecule has 4 nitrogen and oxygen atoms in total. The van der Waals surface area contributed by atoms with Crippen molar-refractivity contribution in [2.24, 2.45) is 17.3 Å². The fourth-order valence-corrected chi connectivity index (χ4v) is 2.07. The number of rotatable bonds is 7. The fourth-order valence-electron chi connectivity index (χ4n) is 2.07. The lowest BCUT2D eigenvalue weighted by Crippen LogP contribution is -2.40. The molecular formula is C14H26O4. The number of esters is 2. The van der Waals surface area contributed by atoms with Crippen LogP contribution >= 0.6 is 0 Å². The second-order valence-electron chi connectivity index (χ2n) is 5.49. The van der Waals surface area contributed by atoms with Crippen LogP contribution < -0.4 is 0 Å². The summed E-state index contributed by atoms with van der Waals surface area (Å²) in [7, 11) is 2.71. The van der Waals surface area contributed by atoms with Gasteiger partial charge in [0, 0.05) is 0 Å². The van der Waals surface area contributed by atoms with Gasteiger partial charge < -0.3 is 9.47 Å². The highest BCUT2D eigenvalue weighted by molar-refractivity contribution is 5.83. The SMILES string of the molecule is COC(=O)CC(CCC(C)C)(C(=O)OC)C(C)C. The Morgan fingerprint density at radius 2 is 1.61 bits per heavy atom. The molecule has 0 aliphatic carbocycles. The lowest BCUT2D eigenvalue weighted by molar-refractivity contribution is -0.163. The first-order chi connectivity index (χ1) is 8.30. The van der Waals surface area contributed by atoms with Crippen LogP contribution in [-0.4, -0.2) is 26.2 Å². The van der Waals surface area contributed by atoms with Gasteiger partial charge >= 0.3 is 11.9 Å². The molecule has 18 heavy (non-hydrogen) atoms. The first-order valence-corrected chi connectivity index (χ1v) is 6.45. The topological polar surface area (TPSA) is 52.6 Å². The Bertz CT molecular complexity index is 284. The van der Waals surface area contributed by atoms with E-state index >= 15 is 0 Å². The maximum atomic E-state index is 12.1. The Hall–Kier alpha value is -1.06. The molecule has 0 N–H and O–H groups in total. The molecule has 0 heterocycles. The van der Waals surface area contributed by atoms with Gasteiger partial charge in [0.1, 0.15) is 0 Å². The van der Waals surface area contributed by atoms with Gasteiger partial charge in [-0.15, -0.1) is 0 Å². The molecule has 0 saturated carbocycles. The van der Waals surface area contributed by atoms with E-state index in [4.69, 9.17) is 9.47 Å². The van der Waals surface area contributed by atoms with Crippen LogP contribution in [0.4, 0.5) is 0 Å². The van der Waals surface area contributed by atoms with Gasteiger partial charge in [0.2, 0.25) is 0 Å². The van der Waals surface area contributed by atoms with Crippen molar-refractivity contribution in [3.05, 3.63) is 0 Å². The molecule has 0 aromatic carbocycles. The first kappa shape index (κ1) is 16.9. The highest BCUT2D eigenvalue weighted by Crippen LogP contribution is 2.39. The van der Waals surface area contributed by atoms with Crippen molar-refractivity contribution in [3.63, 3.8) is 0 Å². The van der Waals surface area contributed by atoms with E-state index in [0.29, 0.717) is 12.3 Å². The molecular weight excluding hydrogens is 232 g/mol. The predicted molar refractivity (Wildman–Crippen MR) is 70.0 cm³/mol. The van der Waals surface area contributed by atoms with Crippen LogP contribution in [-0.2, 0) is 19.1 Å². The van der Waals surface area contributed by atoms with Crippen molar-refractivity contribution in [3.8, 4) is 0 Å². The van der Waals surface area contributed by atoms with Crippen LogP contribution in [0.15, 0.2) is 0 Å². The van der Waals surface area contributed by atoms with Gasteiger partial charge in [-0.05, 0) is 24.7 Å². The molecule has 0 fully saturated rings. The molecule has 4 heteroatoms. The summed E-state index contributed by atoms with van der Waals surface area (Å²) in [6.07, 6.45) is 1.61. The first-order valence-electron chi connectivity index (χ1n) is 6.45. The Balaban J connectivity index is 5.15. The van der Waals surface area contributed by atoms with E-state index in [2.05, 4.69) is 13.8 Å². The number of ether oxygens (including phenoxy) is 2. The fraction of sp³-hybridized carbons (Fsp3) is 0.857. The molecule has 0 aliphatic rings. The number of carbonyl (C=O) groups excluding carboxylic acids is 2. The zero-order chi connectivity index (χ0) is 14.3. The van der Waals surface area contributed by atoms with Gasteiger partial charge in [0.25, 0.3) is 0 Å². The van der Waals surface area contributed by atoms with E-state index in [1.54, 1.807) is 0 Å². The zero-order valence-corrected chi connectivity index (χ0v) is 12.4. The third-order valence-corrected chi connectivity index (χ3v) is 3.55. The van der Waals surface area contributed by atoms with Crippen molar-refractivity contribution in [1.29, 1.82) is 0 Å². The van der Waals surface area contributed by atoms with Gasteiger partial charge in [0.15, 0.2) is 0 Å². The Kier molecular flexibility index (Phi) is 6.96. The molecule has 0 aliphatic heterocycles. The van der Waals surface area contributed by atoms with Crippen LogP contribution in [0.25, 0.3) is 0 Å². The second kappa shape index (κ2) is 7.39. The molecule has 0 spiro atoms. The molecule has 1 unspecified atom stereocenters. The summed E-state index contributed by atoms with van der Waals surface area (Å²) in [6.45, 7) is 8.08. The summed E-state index contributed by atoms with van der Waals surface area (Å²) < 4.78 is 9.62. The third kappa shape index (κ3) is 4.31. The summed E-state index contributed by atoms with van der Waals surface area (Å²) in [5.74, 6) is -0.172. The van der Waals surface area contributed by atoms with Gasteiger partial charge in [-0.25, -0.2) is 0 Å². The summed E-state index contributed by atoms with van der Waals surface area (Å²) in [4.78, 5) is 23.7. The minimum absolute atomic E-state index is 0.0304. The standard InChI is InChI=1S/C14H26O4/c1-10(2)7-8-14(11(3)4,13(16)18-6)9-12(15)17-5/h10-11H,7-9H2,1-6H3. The van der Waals surface area contributed by atoms with Crippen molar-refractivity contribution in [2.75, 3.05) is 14.2 Å². The smallest absolute Gasteiger partial charge is 0.312 e. The summed E-state index contributed by atoms with van der Waals surface area (Å²) in [5.41, 5.74) is -0.772. The van der Waals surface area contributed by atoms with Crippen molar-refractivity contribution < 1.29 is 19.1 Å². The highest BCUT2D eigenvalue weighted by atomic mass is 16.5. The van der Waals surface area contributed by atoms with Crippen LogP contribution in [0.3, 0.4) is 0 Å². The molecule has 0 aromatic rings. The predicted octanol–water partition coefficient (Wildman–Crippen LogP) is 2.80. The molecule has 0 amide bonds. The molecule has 0 rings (SSSR count). The van der Waals surface area contributed by atoms with Crippen LogP contribution in [0, 0.1) is 17.3 Å². The maximum absolute atomic E-state index is 12.1. The normalized spacial score (nSPS) is 14.4. The van der Waals surface area contributed by atoms with Crippen LogP contribution in [0.1, 0.15) is 47.0 Å². The van der Waals surface area contributed by atoms with Crippen LogP contribution in [0.5, 0.6) is 0 Å². The Labute approximate surface area is 110 Å². The third-order valence-electron chi connectivity index (χ3n) is 3.55. The van der Waals surface area contributed by atoms with E-state index < -0.39 is 5.41 Å². The van der Waals surface area contributed by atoms with Gasteiger partial charge in [0.05, 0.1) is 26.1 Å². The lowest BCUT2D eigenvalue weighted by atomic mass is 9.70. The number of methoxy groups -OCH3 is 2. The van der Waals surface area contributed by atoms with Crippen LogP contribution in [0.2, 0.25) is 0 Å². The average molecular weight is 258 g/mol. The van der Waals surface area contributed by atoms with Crippen molar-refractivity contribution in [1.82, 2.24) is 0 Å². The molecule has 0 bridgehead atoms. The minimum atomic E-state index is -0.772. The zero-order valence-electron chi connectivity index (χ0n) is 12.4. The quantitative estimate of drug-likeness (QED) is 0.659. The Morgan fingerprint density at radius 1 is 1.06 bits per heavy atom. The van der Waals surface area contributed by atoms with E-state index in [1.807, 2.05) is 13.8 Å². The monoisotopic (exact) mass is 258 g/mol. The highest BCUT2D eigenvalue weighted by Gasteiger charge is 2.44. The average Bonchev–Trinajstić information content (AvgIpc) is 2.32. The minimum Gasteiger partial charge on any atom is -0.469 e. The van der Waals surface area contributed by atoms with Gasteiger partial charge in [-0.1, -0.05) is 27.7 Å². The summed E-state index contributed by atoms with van der Waals surface area (Å²) in [5, 5.41) is 0. The van der Waals surface area contributed by atoms with Crippen molar-refractivity contribution in [2.45, 2.75) is 47.0 Å². The molecule has 106 valence electrons. The van der Waals surface area contributed by atoms with E-state index in [0.717, 1.165) is 6.42 Å². The summed E-state index contributed by atoms with van der Waals surface area (Å²) >= 11 is 0. The number of hydrogen-bond acceptors (Lipinski definition) is 4. The van der Waals surface area contributed by atoms with Gasteiger partial charge in [-0.3, -0.25) is 9.59 Å². The Morgan fingerprint density at radius 3 is 1.94 bits per heavy atom. The second-order valence-corrected chi connectivity index (χ2v) is 5.49. The van der Waals surface area contributed by atoms with Gasteiger partial charge in [-0.2, -0.15) is 0 Å². The number of carbonyl (C=O) groups is 2. The van der Waals surface area contributed by atoms with E-state index in [9.17, 15) is 9.59 Å². The maximum Gasteiger partial charge on any atom is 0.312 e. The van der Waals surface area contributed by atoms with E-state index in [-0.39, 0.29) is 24.3 Å². The summed E-state index contributed by atoms with van der Waals surface area (Å²) in [6, 6.07) is 0. The largest absolute Gasteiger partial charge is 0.469 e. The van der Waals surface area contributed by atoms with Crippen molar-refractivity contribution >= 4 is 11.9 Å². The molecule has 0 saturated heterocycles. The number of hydrogen-bond donors (Lipinski definition) is 0.